The van der Waals surface area contributed by atoms with E-state index < -0.39 is 93.4 Å². The summed E-state index contributed by atoms with van der Waals surface area (Å²) in [4.78, 5) is 63.2. The molecule has 5 N–H and O–H groups in total. The summed E-state index contributed by atoms with van der Waals surface area (Å²) in [6, 6.07) is 0. The largest absolute Gasteiger partial charge is 0.481 e. The van der Waals surface area contributed by atoms with E-state index in [0.717, 1.165) is 0 Å². The highest BCUT2D eigenvalue weighted by Crippen LogP contribution is 2.74. The summed E-state index contributed by atoms with van der Waals surface area (Å²) in [5.74, 6) is -14.3. The molecule has 0 radical (unpaired) electrons. The van der Waals surface area contributed by atoms with Crippen molar-refractivity contribution in [3.63, 3.8) is 0 Å². The van der Waals surface area contributed by atoms with Crippen molar-refractivity contribution in [3.05, 3.63) is 12.2 Å². The Balaban J connectivity index is 2.06. The van der Waals surface area contributed by atoms with E-state index in [1.54, 1.807) is 6.92 Å². The third-order valence-corrected chi connectivity index (χ3v) is 9.79. The van der Waals surface area contributed by atoms with Crippen LogP contribution in [0.1, 0.15) is 40.0 Å². The molecular formula is C24H30O10. The molecule has 0 aromatic rings. The SMILES string of the molecule is C=C1C(=O)[C@]23C[C@H]1C[C@H](C(=O)O)[C@H]2[C@]1(C)C[C@H](C(=O)O)[C@H](C(=O)O)C(C)(C)[C@H]1[C@@H](C(=O)O)[C@@H]3O. The van der Waals surface area contributed by atoms with Gasteiger partial charge in [-0.3, -0.25) is 24.0 Å². The van der Waals surface area contributed by atoms with Crippen LogP contribution in [-0.2, 0) is 24.0 Å². The number of hydrogen-bond acceptors (Lipinski definition) is 6. The minimum atomic E-state index is -1.76. The number of carbonyl (C=O) groups excluding carboxylic acids is 1. The molecule has 10 heteroatoms. The van der Waals surface area contributed by atoms with E-state index in [1.165, 1.54) is 13.8 Å². The van der Waals surface area contributed by atoms with E-state index in [-0.39, 0.29) is 24.8 Å². The monoisotopic (exact) mass is 478 g/mol. The van der Waals surface area contributed by atoms with Gasteiger partial charge in [-0.25, -0.2) is 0 Å². The second-order valence-electron chi connectivity index (χ2n) is 11.5. The fourth-order valence-electron chi connectivity index (χ4n) is 9.11. The first-order chi connectivity index (χ1) is 15.5. The lowest BCUT2D eigenvalue weighted by molar-refractivity contribution is -0.258. The van der Waals surface area contributed by atoms with Gasteiger partial charge in [-0.15, -0.1) is 0 Å². The first-order valence-electron chi connectivity index (χ1n) is 11.4. The summed E-state index contributed by atoms with van der Waals surface area (Å²) in [5.41, 5.74) is -4.39. The van der Waals surface area contributed by atoms with Gasteiger partial charge >= 0.3 is 23.9 Å². The van der Waals surface area contributed by atoms with Crippen LogP contribution in [0.3, 0.4) is 0 Å². The molecule has 1 spiro atoms. The zero-order valence-electron chi connectivity index (χ0n) is 19.2. The quantitative estimate of drug-likeness (QED) is 0.369. The van der Waals surface area contributed by atoms with Crippen LogP contribution in [0.2, 0.25) is 0 Å². The highest BCUT2D eigenvalue weighted by molar-refractivity contribution is 6.04. The van der Waals surface area contributed by atoms with Crippen LogP contribution in [-0.4, -0.2) is 61.3 Å². The lowest BCUT2D eigenvalue weighted by Crippen LogP contribution is -2.73. The smallest absolute Gasteiger partial charge is 0.309 e. The molecule has 4 aliphatic carbocycles. The summed E-state index contributed by atoms with van der Waals surface area (Å²) < 4.78 is 0. The summed E-state index contributed by atoms with van der Waals surface area (Å²) in [6.45, 7) is 8.36. The maximum absolute atomic E-state index is 13.6. The molecule has 0 aromatic heterocycles. The zero-order valence-corrected chi connectivity index (χ0v) is 19.2. The normalized spacial score (nSPS) is 46.8. The first kappa shape index (κ1) is 24.4. The van der Waals surface area contributed by atoms with Crippen LogP contribution in [0.15, 0.2) is 12.2 Å². The Labute approximate surface area is 195 Å². The Morgan fingerprint density at radius 1 is 0.853 bits per heavy atom. The highest BCUT2D eigenvalue weighted by Gasteiger charge is 2.78. The molecule has 2 bridgehead atoms. The molecule has 34 heavy (non-hydrogen) atoms. The molecule has 0 amide bonds. The predicted octanol–water partition coefficient (Wildman–Crippen LogP) is 1.37. The molecule has 0 saturated heterocycles. The number of fused-ring (bicyclic) bond motifs is 3. The number of aliphatic hydroxyl groups excluding tert-OH is 1. The third kappa shape index (κ3) is 2.68. The third-order valence-electron chi connectivity index (χ3n) is 9.79. The highest BCUT2D eigenvalue weighted by atomic mass is 16.4. The lowest BCUT2D eigenvalue weighted by Gasteiger charge is -2.68. The van der Waals surface area contributed by atoms with Gasteiger partial charge in [0.25, 0.3) is 0 Å². The van der Waals surface area contributed by atoms with Gasteiger partial charge in [-0.1, -0.05) is 27.4 Å². The average molecular weight is 478 g/mol. The Morgan fingerprint density at radius 2 is 1.41 bits per heavy atom. The second-order valence-corrected chi connectivity index (χ2v) is 11.5. The topological polar surface area (TPSA) is 186 Å². The van der Waals surface area contributed by atoms with Crippen molar-refractivity contribution in [2.45, 2.75) is 46.1 Å². The van der Waals surface area contributed by atoms with Crippen LogP contribution >= 0.6 is 0 Å². The molecule has 4 rings (SSSR count). The van der Waals surface area contributed by atoms with Crippen molar-refractivity contribution in [2.24, 2.45) is 57.7 Å². The Bertz CT molecular complexity index is 1030. The summed E-state index contributed by atoms with van der Waals surface area (Å²) in [7, 11) is 0. The van der Waals surface area contributed by atoms with E-state index >= 15 is 0 Å². The fraction of sp³-hybridized carbons (Fsp3) is 0.708. The van der Waals surface area contributed by atoms with Crippen LogP contribution < -0.4 is 0 Å². The van der Waals surface area contributed by atoms with E-state index in [4.69, 9.17) is 0 Å². The number of carbonyl (C=O) groups is 5. The van der Waals surface area contributed by atoms with Crippen molar-refractivity contribution in [1.82, 2.24) is 0 Å². The van der Waals surface area contributed by atoms with Gasteiger partial charge in [0.15, 0.2) is 5.78 Å². The van der Waals surface area contributed by atoms with Gasteiger partial charge in [-0.05, 0) is 53.4 Å². The maximum atomic E-state index is 13.6. The van der Waals surface area contributed by atoms with Crippen LogP contribution in [0.4, 0.5) is 0 Å². The molecule has 4 aliphatic rings. The average Bonchev–Trinajstić information content (AvgIpc) is 2.89. The second kappa shape index (κ2) is 7.13. The minimum Gasteiger partial charge on any atom is -0.481 e. The number of allylic oxidation sites excluding steroid dienone is 1. The Kier molecular flexibility index (Phi) is 5.11. The van der Waals surface area contributed by atoms with Gasteiger partial charge in [0.1, 0.15) is 0 Å². The molecule has 4 fully saturated rings. The van der Waals surface area contributed by atoms with Gasteiger partial charge in [0.2, 0.25) is 0 Å². The molecule has 4 saturated carbocycles. The van der Waals surface area contributed by atoms with E-state index in [9.17, 15) is 49.5 Å². The van der Waals surface area contributed by atoms with Crippen LogP contribution in [0.25, 0.3) is 0 Å². The number of hydrogen-bond donors (Lipinski definition) is 5. The number of carboxylic acid groups (broad SMARTS) is 4. The van der Waals surface area contributed by atoms with Crippen molar-refractivity contribution >= 4 is 29.7 Å². The van der Waals surface area contributed by atoms with E-state index in [0.29, 0.717) is 0 Å². The van der Waals surface area contributed by atoms with E-state index in [2.05, 4.69) is 6.58 Å². The van der Waals surface area contributed by atoms with Gasteiger partial charge in [0, 0.05) is 0 Å². The molecule has 0 aliphatic heterocycles. The fourth-order valence-corrected chi connectivity index (χ4v) is 9.11. The molecule has 186 valence electrons. The van der Waals surface area contributed by atoms with Crippen molar-refractivity contribution < 1.29 is 49.5 Å². The molecule has 10 nitrogen and oxygen atoms in total. The maximum Gasteiger partial charge on any atom is 0.309 e. The van der Waals surface area contributed by atoms with E-state index in [1.807, 2.05) is 0 Å². The number of ketones is 1. The van der Waals surface area contributed by atoms with Crippen molar-refractivity contribution in [2.75, 3.05) is 0 Å². The number of Topliss-reactive ketones (excluding diaryl/α,β-unsaturated/α-hetero) is 1. The standard InChI is InChI=1S/C24H30O10/c1-8-9-5-10(18(27)28)14-23(4)7-11(19(29)30)13(21(33)34)22(2,3)15(23)12(20(31)32)17(26)24(14,6-9)16(8)25/h9-15,17,26H,1,5-7H2,2-4H3,(H,27,28)(H,29,30)(H,31,32)(H,33,34)/t9-,10+,11+,12-,13-,14+,15-,17+,23+,24+/m1/s1. The lowest BCUT2D eigenvalue weighted by atomic mass is 9.34. The summed E-state index contributed by atoms with van der Waals surface area (Å²) in [5, 5.41) is 52.0. The molecule has 0 unspecified atom stereocenters. The van der Waals surface area contributed by atoms with Crippen LogP contribution in [0.5, 0.6) is 0 Å². The van der Waals surface area contributed by atoms with Crippen LogP contribution in [0, 0.1) is 57.7 Å². The first-order valence-corrected chi connectivity index (χ1v) is 11.4. The minimum absolute atomic E-state index is 0.0485. The Morgan fingerprint density at radius 3 is 1.88 bits per heavy atom. The Hall–Kier alpha value is -2.75. The van der Waals surface area contributed by atoms with Gasteiger partial charge in [-0.2, -0.15) is 0 Å². The number of aliphatic carboxylic acids is 4. The van der Waals surface area contributed by atoms with Crippen molar-refractivity contribution in [1.29, 1.82) is 0 Å². The van der Waals surface area contributed by atoms with Gasteiger partial charge in [0.05, 0.1) is 35.2 Å². The number of rotatable bonds is 4. The molecular weight excluding hydrogens is 448 g/mol. The zero-order chi connectivity index (χ0) is 25.7. The van der Waals surface area contributed by atoms with Gasteiger partial charge < -0.3 is 25.5 Å². The molecule has 0 aromatic carbocycles. The predicted molar refractivity (Wildman–Crippen MR) is 113 cm³/mol. The number of carboxylic acids is 4. The molecule has 0 heterocycles. The summed E-state index contributed by atoms with van der Waals surface area (Å²) in [6.07, 6.45) is -1.96. The molecule has 10 atom stereocenters. The number of aliphatic hydroxyl groups is 1. The van der Waals surface area contributed by atoms with Crippen molar-refractivity contribution in [3.8, 4) is 0 Å². The summed E-state index contributed by atoms with van der Waals surface area (Å²) >= 11 is 0.